The number of methoxy groups -OCH3 is 3. The molecule has 4 rings (SSSR count). The summed E-state index contributed by atoms with van der Waals surface area (Å²) in [5, 5.41) is 0.851. The van der Waals surface area contributed by atoms with Crippen molar-refractivity contribution in [1.29, 1.82) is 0 Å². The highest BCUT2D eigenvalue weighted by atomic mass is 16.5. The second-order valence-electron chi connectivity index (χ2n) is 7.13. The molecular formula is C26H22N2O5. The molecule has 0 unspecified atom stereocenters. The molecule has 0 aliphatic rings. The number of benzene rings is 2. The summed E-state index contributed by atoms with van der Waals surface area (Å²) in [4.78, 5) is 30.0. The molecule has 0 atom stereocenters. The van der Waals surface area contributed by atoms with Crippen LogP contribution in [0.5, 0.6) is 17.2 Å². The van der Waals surface area contributed by atoms with Crippen molar-refractivity contribution in [3.05, 3.63) is 89.9 Å². The molecule has 33 heavy (non-hydrogen) atoms. The van der Waals surface area contributed by atoms with Crippen LogP contribution in [0, 0.1) is 0 Å². The monoisotopic (exact) mass is 442 g/mol. The first-order valence-electron chi connectivity index (χ1n) is 10.1. The molecule has 2 aromatic heterocycles. The van der Waals surface area contributed by atoms with E-state index in [9.17, 15) is 9.59 Å². The topological polar surface area (TPSA) is 79.7 Å². The third-order valence-corrected chi connectivity index (χ3v) is 5.23. The second-order valence-corrected chi connectivity index (χ2v) is 7.13. The second kappa shape index (κ2) is 9.40. The van der Waals surface area contributed by atoms with Gasteiger partial charge in [-0.3, -0.25) is 19.1 Å². The van der Waals surface area contributed by atoms with Crippen molar-refractivity contribution < 1.29 is 23.8 Å². The average molecular weight is 442 g/mol. The number of ether oxygens (including phenoxy) is 3. The number of pyridine rings is 1. The first-order valence-corrected chi connectivity index (χ1v) is 10.1. The maximum atomic E-state index is 13.0. The van der Waals surface area contributed by atoms with E-state index in [1.54, 1.807) is 47.3 Å². The maximum absolute atomic E-state index is 13.0. The summed E-state index contributed by atoms with van der Waals surface area (Å²) >= 11 is 0. The van der Waals surface area contributed by atoms with Gasteiger partial charge >= 0.3 is 0 Å². The van der Waals surface area contributed by atoms with Crippen molar-refractivity contribution in [3.63, 3.8) is 0 Å². The van der Waals surface area contributed by atoms with Crippen molar-refractivity contribution >= 4 is 28.7 Å². The molecule has 4 aromatic rings. The van der Waals surface area contributed by atoms with Crippen molar-refractivity contribution in [3.8, 4) is 17.2 Å². The number of fused-ring (bicyclic) bond motifs is 1. The Balaban J connectivity index is 1.71. The lowest BCUT2D eigenvalue weighted by Gasteiger charge is -2.13. The van der Waals surface area contributed by atoms with Crippen molar-refractivity contribution in [1.82, 2.24) is 9.55 Å². The van der Waals surface area contributed by atoms with Crippen molar-refractivity contribution in [2.24, 2.45) is 0 Å². The van der Waals surface area contributed by atoms with Crippen LogP contribution in [-0.2, 0) is 0 Å². The van der Waals surface area contributed by atoms with E-state index in [2.05, 4.69) is 4.98 Å². The molecular weight excluding hydrogens is 420 g/mol. The number of para-hydroxylation sites is 1. The third kappa shape index (κ3) is 4.21. The molecule has 0 aliphatic carbocycles. The summed E-state index contributed by atoms with van der Waals surface area (Å²) in [7, 11) is 4.50. The Morgan fingerprint density at radius 3 is 2.27 bits per heavy atom. The van der Waals surface area contributed by atoms with Crippen LogP contribution in [0.15, 0.2) is 73.2 Å². The summed E-state index contributed by atoms with van der Waals surface area (Å²) in [5.41, 5.74) is 2.34. The van der Waals surface area contributed by atoms with Crippen LogP contribution in [0.3, 0.4) is 0 Å². The highest BCUT2D eigenvalue weighted by Gasteiger charge is 2.17. The molecule has 7 heteroatoms. The Hall–Kier alpha value is -4.39. The van der Waals surface area contributed by atoms with E-state index >= 15 is 0 Å². The zero-order valence-corrected chi connectivity index (χ0v) is 18.4. The Labute approximate surface area is 190 Å². The smallest absolute Gasteiger partial charge is 0.263 e. The van der Waals surface area contributed by atoms with Crippen LogP contribution in [-0.4, -0.2) is 42.6 Å². The summed E-state index contributed by atoms with van der Waals surface area (Å²) in [6, 6.07) is 14.2. The molecule has 0 spiro atoms. The van der Waals surface area contributed by atoms with Gasteiger partial charge in [0.25, 0.3) is 5.91 Å². The lowest BCUT2D eigenvalue weighted by molar-refractivity contribution is 0.0964. The fourth-order valence-electron chi connectivity index (χ4n) is 3.62. The van der Waals surface area contributed by atoms with Gasteiger partial charge in [0.1, 0.15) is 0 Å². The minimum Gasteiger partial charge on any atom is -0.493 e. The predicted molar refractivity (Wildman–Crippen MR) is 125 cm³/mol. The lowest BCUT2D eigenvalue weighted by Crippen LogP contribution is -2.10. The fourth-order valence-corrected chi connectivity index (χ4v) is 3.62. The van der Waals surface area contributed by atoms with Crippen LogP contribution in [0.2, 0.25) is 0 Å². The first kappa shape index (κ1) is 21.8. The number of nitrogens with zero attached hydrogens (tertiary/aromatic N) is 2. The van der Waals surface area contributed by atoms with Crippen LogP contribution in [0.4, 0.5) is 0 Å². The summed E-state index contributed by atoms with van der Waals surface area (Å²) in [6.07, 6.45) is 8.02. The number of hydrogen-bond donors (Lipinski definition) is 0. The van der Waals surface area contributed by atoms with E-state index < -0.39 is 0 Å². The summed E-state index contributed by atoms with van der Waals surface area (Å²) in [6.45, 7) is 0. The molecule has 0 radical (unpaired) electrons. The molecule has 166 valence electrons. The first-order chi connectivity index (χ1) is 16.1. The normalized spacial score (nSPS) is 11.0. The SMILES string of the molecule is COc1cc(C(=O)C=Cc2cn(C(=O)c3cccnc3)c3ccccc23)cc(OC)c1OC. The minimum absolute atomic E-state index is 0.199. The summed E-state index contributed by atoms with van der Waals surface area (Å²) in [5.74, 6) is 0.761. The van der Waals surface area contributed by atoms with E-state index in [-0.39, 0.29) is 11.7 Å². The molecule has 0 fully saturated rings. The molecule has 2 aromatic carbocycles. The van der Waals surface area contributed by atoms with Gasteiger partial charge in [0.15, 0.2) is 17.3 Å². The van der Waals surface area contributed by atoms with Gasteiger partial charge in [-0.25, -0.2) is 0 Å². The van der Waals surface area contributed by atoms with Crippen molar-refractivity contribution in [2.45, 2.75) is 0 Å². The molecule has 0 aliphatic heterocycles. The Morgan fingerprint density at radius 1 is 0.909 bits per heavy atom. The van der Waals surface area contributed by atoms with Crippen LogP contribution in [0.1, 0.15) is 26.3 Å². The fraction of sp³-hybridized carbons (Fsp3) is 0.115. The number of allylic oxidation sites excluding steroid dienone is 1. The number of ketones is 1. The number of rotatable bonds is 7. The van der Waals surface area contributed by atoms with E-state index in [0.29, 0.717) is 28.4 Å². The standard InChI is InChI=1S/C26H22N2O5/c1-31-23-13-19(14-24(32-2)25(23)33-3)22(29)11-10-18-16-28(21-9-5-4-8-20(18)21)26(30)17-7-6-12-27-15-17/h4-16H,1-3H3. The average Bonchev–Trinajstić information content (AvgIpc) is 3.25. The summed E-state index contributed by atoms with van der Waals surface area (Å²) < 4.78 is 17.5. The Kier molecular flexibility index (Phi) is 6.22. The number of carbonyl (C=O) groups excluding carboxylic acids is 2. The van der Waals surface area contributed by atoms with Crippen LogP contribution < -0.4 is 14.2 Å². The molecule has 0 N–H and O–H groups in total. The zero-order valence-electron chi connectivity index (χ0n) is 18.4. The Morgan fingerprint density at radius 2 is 1.64 bits per heavy atom. The molecule has 2 heterocycles. The minimum atomic E-state index is -0.246. The molecule has 0 amide bonds. The maximum Gasteiger partial charge on any atom is 0.263 e. The molecule has 0 bridgehead atoms. The lowest BCUT2D eigenvalue weighted by atomic mass is 10.1. The van der Waals surface area contributed by atoms with Crippen LogP contribution >= 0.6 is 0 Å². The third-order valence-electron chi connectivity index (χ3n) is 5.23. The predicted octanol–water partition coefficient (Wildman–Crippen LogP) is 4.65. The Bertz CT molecular complexity index is 1330. The van der Waals surface area contributed by atoms with Gasteiger partial charge < -0.3 is 14.2 Å². The van der Waals surface area contributed by atoms with Gasteiger partial charge in [0, 0.05) is 35.1 Å². The van der Waals surface area contributed by atoms with Gasteiger partial charge in [-0.05, 0) is 42.5 Å². The van der Waals surface area contributed by atoms with E-state index in [0.717, 1.165) is 16.5 Å². The van der Waals surface area contributed by atoms with E-state index in [4.69, 9.17) is 14.2 Å². The van der Waals surface area contributed by atoms with Gasteiger partial charge in [-0.2, -0.15) is 0 Å². The van der Waals surface area contributed by atoms with Crippen LogP contribution in [0.25, 0.3) is 17.0 Å². The van der Waals surface area contributed by atoms with Crippen molar-refractivity contribution in [2.75, 3.05) is 21.3 Å². The van der Waals surface area contributed by atoms with Gasteiger partial charge in [0.2, 0.25) is 5.75 Å². The molecule has 0 saturated heterocycles. The number of hydrogen-bond acceptors (Lipinski definition) is 6. The van der Waals surface area contributed by atoms with Gasteiger partial charge in [0.05, 0.1) is 32.4 Å². The van der Waals surface area contributed by atoms with E-state index in [1.807, 2.05) is 24.3 Å². The molecule has 0 saturated carbocycles. The largest absolute Gasteiger partial charge is 0.493 e. The molecule has 7 nitrogen and oxygen atoms in total. The highest BCUT2D eigenvalue weighted by molar-refractivity contribution is 6.09. The van der Waals surface area contributed by atoms with E-state index in [1.165, 1.54) is 33.6 Å². The quantitative estimate of drug-likeness (QED) is 0.306. The zero-order chi connectivity index (χ0) is 23.4. The number of aromatic nitrogens is 2. The van der Waals surface area contributed by atoms with Gasteiger partial charge in [-0.15, -0.1) is 0 Å². The highest BCUT2D eigenvalue weighted by Crippen LogP contribution is 2.38. The number of carbonyl (C=O) groups is 2. The van der Waals surface area contributed by atoms with Gasteiger partial charge in [-0.1, -0.05) is 18.2 Å².